The van der Waals surface area contributed by atoms with E-state index in [1.54, 1.807) is 0 Å². The van der Waals surface area contributed by atoms with Crippen molar-refractivity contribution in [2.75, 3.05) is 6.54 Å². The average molecular weight is 355 g/mol. The Morgan fingerprint density at radius 1 is 1.25 bits per heavy atom. The molecular weight excluding hydrogens is 338 g/mol. The first kappa shape index (κ1) is 15.4. The summed E-state index contributed by atoms with van der Waals surface area (Å²) in [5.74, 6) is 1.44. The summed E-state index contributed by atoms with van der Waals surface area (Å²) in [4.78, 5) is 0. The molecule has 2 aromatic carbocycles. The lowest BCUT2D eigenvalue weighted by atomic mass is 10.1. The SMILES string of the molecule is CCNC(C)c1cccc(Oc2ccc(Br)cc2Cl)c1. The van der Waals surface area contributed by atoms with Crippen molar-refractivity contribution >= 4 is 27.5 Å². The highest BCUT2D eigenvalue weighted by molar-refractivity contribution is 9.10. The van der Waals surface area contributed by atoms with Gasteiger partial charge in [-0.05, 0) is 49.4 Å². The number of hydrogen-bond donors (Lipinski definition) is 1. The molecule has 0 spiro atoms. The lowest BCUT2D eigenvalue weighted by Gasteiger charge is -2.14. The highest BCUT2D eigenvalue weighted by Crippen LogP contribution is 2.32. The quantitative estimate of drug-likeness (QED) is 0.758. The fraction of sp³-hybridized carbons (Fsp3) is 0.250. The van der Waals surface area contributed by atoms with Crippen LogP contribution in [0.25, 0.3) is 0 Å². The molecule has 0 aliphatic rings. The highest BCUT2D eigenvalue weighted by Gasteiger charge is 2.07. The molecule has 0 saturated heterocycles. The van der Waals surface area contributed by atoms with E-state index in [1.807, 2.05) is 36.4 Å². The fourth-order valence-corrected chi connectivity index (χ4v) is 2.67. The van der Waals surface area contributed by atoms with Crippen LogP contribution in [0.4, 0.5) is 0 Å². The second-order valence-corrected chi connectivity index (χ2v) is 5.85. The molecule has 1 N–H and O–H groups in total. The molecule has 0 bridgehead atoms. The van der Waals surface area contributed by atoms with E-state index < -0.39 is 0 Å². The summed E-state index contributed by atoms with van der Waals surface area (Å²) < 4.78 is 6.79. The van der Waals surface area contributed by atoms with Crippen LogP contribution in [0, 0.1) is 0 Å². The van der Waals surface area contributed by atoms with E-state index in [2.05, 4.69) is 41.2 Å². The largest absolute Gasteiger partial charge is 0.456 e. The van der Waals surface area contributed by atoms with E-state index in [1.165, 1.54) is 5.56 Å². The maximum Gasteiger partial charge on any atom is 0.146 e. The van der Waals surface area contributed by atoms with Gasteiger partial charge in [0.05, 0.1) is 5.02 Å². The summed E-state index contributed by atoms with van der Waals surface area (Å²) >= 11 is 9.55. The summed E-state index contributed by atoms with van der Waals surface area (Å²) in [6.07, 6.45) is 0. The molecule has 2 rings (SSSR count). The average Bonchev–Trinajstić information content (AvgIpc) is 2.43. The van der Waals surface area contributed by atoms with Crippen LogP contribution in [0.15, 0.2) is 46.9 Å². The van der Waals surface area contributed by atoms with E-state index in [9.17, 15) is 0 Å². The fourth-order valence-electron chi connectivity index (χ4n) is 1.96. The first-order valence-electron chi connectivity index (χ1n) is 6.56. The number of ether oxygens (including phenoxy) is 1. The Kier molecular flexibility index (Phi) is 5.46. The van der Waals surface area contributed by atoms with Crippen molar-refractivity contribution < 1.29 is 4.74 Å². The molecule has 0 saturated carbocycles. The van der Waals surface area contributed by atoms with E-state index >= 15 is 0 Å². The molecule has 1 unspecified atom stereocenters. The topological polar surface area (TPSA) is 21.3 Å². The zero-order chi connectivity index (χ0) is 14.5. The first-order valence-corrected chi connectivity index (χ1v) is 7.73. The minimum absolute atomic E-state index is 0.295. The number of hydrogen-bond acceptors (Lipinski definition) is 2. The lowest BCUT2D eigenvalue weighted by molar-refractivity contribution is 0.480. The Morgan fingerprint density at radius 3 is 2.75 bits per heavy atom. The van der Waals surface area contributed by atoms with Crippen molar-refractivity contribution in [1.29, 1.82) is 0 Å². The van der Waals surface area contributed by atoms with Gasteiger partial charge in [0.15, 0.2) is 0 Å². The Hall–Kier alpha value is -1.03. The van der Waals surface area contributed by atoms with Crippen molar-refractivity contribution in [3.8, 4) is 11.5 Å². The molecule has 0 aromatic heterocycles. The van der Waals surface area contributed by atoms with Crippen LogP contribution in [-0.2, 0) is 0 Å². The van der Waals surface area contributed by atoms with Gasteiger partial charge in [-0.2, -0.15) is 0 Å². The zero-order valence-corrected chi connectivity index (χ0v) is 13.8. The second-order valence-electron chi connectivity index (χ2n) is 4.53. The van der Waals surface area contributed by atoms with Crippen molar-refractivity contribution in [1.82, 2.24) is 5.32 Å². The Bertz CT molecular complexity index is 588. The molecular formula is C16H17BrClNO. The zero-order valence-electron chi connectivity index (χ0n) is 11.5. The normalized spacial score (nSPS) is 12.2. The number of benzene rings is 2. The van der Waals surface area contributed by atoms with Crippen molar-refractivity contribution in [3.05, 3.63) is 57.5 Å². The van der Waals surface area contributed by atoms with Crippen LogP contribution in [0.1, 0.15) is 25.5 Å². The van der Waals surface area contributed by atoms with E-state index in [4.69, 9.17) is 16.3 Å². The van der Waals surface area contributed by atoms with Crippen LogP contribution in [-0.4, -0.2) is 6.54 Å². The third-order valence-corrected chi connectivity index (χ3v) is 3.78. The third-order valence-electron chi connectivity index (χ3n) is 2.99. The smallest absolute Gasteiger partial charge is 0.146 e. The number of nitrogens with one attached hydrogen (secondary N) is 1. The van der Waals surface area contributed by atoms with Gasteiger partial charge in [0.1, 0.15) is 11.5 Å². The third kappa shape index (κ3) is 3.98. The predicted molar refractivity (Wildman–Crippen MR) is 87.8 cm³/mol. The molecule has 4 heteroatoms. The maximum atomic E-state index is 6.16. The summed E-state index contributed by atoms with van der Waals surface area (Å²) in [6.45, 7) is 5.17. The molecule has 20 heavy (non-hydrogen) atoms. The standard InChI is InChI=1S/C16H17BrClNO/c1-3-19-11(2)12-5-4-6-14(9-12)20-16-8-7-13(17)10-15(16)18/h4-11,19H,3H2,1-2H3. The summed E-state index contributed by atoms with van der Waals surface area (Å²) in [7, 11) is 0. The highest BCUT2D eigenvalue weighted by atomic mass is 79.9. The van der Waals surface area contributed by atoms with E-state index in [0.29, 0.717) is 16.8 Å². The van der Waals surface area contributed by atoms with Gasteiger partial charge in [0.2, 0.25) is 0 Å². The summed E-state index contributed by atoms with van der Waals surface area (Å²) in [6, 6.07) is 13.9. The number of halogens is 2. The van der Waals surface area contributed by atoms with Gasteiger partial charge < -0.3 is 10.1 Å². The first-order chi connectivity index (χ1) is 9.60. The molecule has 2 aromatic rings. The van der Waals surface area contributed by atoms with Gasteiger partial charge in [-0.25, -0.2) is 0 Å². The Labute approximate surface area is 133 Å². The molecule has 1 atom stereocenters. The molecule has 0 aliphatic carbocycles. The molecule has 0 aliphatic heterocycles. The van der Waals surface area contributed by atoms with E-state index in [-0.39, 0.29) is 0 Å². The van der Waals surface area contributed by atoms with Gasteiger partial charge in [-0.3, -0.25) is 0 Å². The molecule has 2 nitrogen and oxygen atoms in total. The summed E-state index contributed by atoms with van der Waals surface area (Å²) in [5.41, 5.74) is 1.19. The Balaban J connectivity index is 2.19. The summed E-state index contributed by atoms with van der Waals surface area (Å²) in [5, 5.41) is 3.97. The molecule has 0 fully saturated rings. The van der Waals surface area contributed by atoms with Crippen molar-refractivity contribution in [2.24, 2.45) is 0 Å². The van der Waals surface area contributed by atoms with Crippen LogP contribution in [0.2, 0.25) is 5.02 Å². The van der Waals surface area contributed by atoms with Crippen molar-refractivity contribution in [3.63, 3.8) is 0 Å². The van der Waals surface area contributed by atoms with Gasteiger partial charge in [-0.1, -0.05) is 46.6 Å². The Morgan fingerprint density at radius 2 is 2.05 bits per heavy atom. The van der Waals surface area contributed by atoms with Crippen LogP contribution >= 0.6 is 27.5 Å². The minimum atomic E-state index is 0.295. The maximum absolute atomic E-state index is 6.16. The molecule has 0 amide bonds. The van der Waals surface area contributed by atoms with Crippen molar-refractivity contribution in [2.45, 2.75) is 19.9 Å². The predicted octanol–water partition coefficient (Wildman–Crippen LogP) is 5.57. The van der Waals surface area contributed by atoms with Crippen LogP contribution in [0.5, 0.6) is 11.5 Å². The van der Waals surface area contributed by atoms with Gasteiger partial charge in [0, 0.05) is 10.5 Å². The van der Waals surface area contributed by atoms with Crippen LogP contribution < -0.4 is 10.1 Å². The number of rotatable bonds is 5. The monoisotopic (exact) mass is 353 g/mol. The van der Waals surface area contributed by atoms with Gasteiger partial charge >= 0.3 is 0 Å². The molecule has 0 radical (unpaired) electrons. The van der Waals surface area contributed by atoms with Crippen LogP contribution in [0.3, 0.4) is 0 Å². The molecule has 106 valence electrons. The lowest BCUT2D eigenvalue weighted by Crippen LogP contribution is -2.17. The molecule has 0 heterocycles. The second kappa shape index (κ2) is 7.11. The van der Waals surface area contributed by atoms with Gasteiger partial charge in [-0.15, -0.1) is 0 Å². The minimum Gasteiger partial charge on any atom is -0.456 e. The van der Waals surface area contributed by atoms with Gasteiger partial charge in [0.25, 0.3) is 0 Å². The van der Waals surface area contributed by atoms with E-state index in [0.717, 1.165) is 16.8 Å².